The van der Waals surface area contributed by atoms with Crippen LogP contribution in [0.1, 0.15) is 51.2 Å². The van der Waals surface area contributed by atoms with Crippen LogP contribution in [0.25, 0.3) is 0 Å². The van der Waals surface area contributed by atoms with Crippen LogP contribution in [0.5, 0.6) is 11.5 Å². The predicted octanol–water partition coefficient (Wildman–Crippen LogP) is 1.76. The van der Waals surface area contributed by atoms with Gasteiger partial charge in [0.2, 0.25) is 29.5 Å². The van der Waals surface area contributed by atoms with Crippen LogP contribution < -0.4 is 30.7 Å². The molecule has 0 unspecified atom stereocenters. The van der Waals surface area contributed by atoms with Crippen molar-refractivity contribution in [3.8, 4) is 11.5 Å². The standard InChI is InChI=1S/C37H51N5O8/c1-23(2)16-28-21-50-30-14-10-26(11-15-30)17-31(40-34(44)22-48-4)36(46)41-32(18-25-8-12-29(49-5)13-9-25)35(45)38-24(3)37(47)42(19-27-6-7-27)20-33(43)39-28/h8-15,23-24,27-28,31-32H,6-7,16-22H2,1-5H3,(H,38,45)(H,39,43)(H,40,44)(H,41,46)/t24-,28+,31+,32+/m1/s1. The summed E-state index contributed by atoms with van der Waals surface area (Å²) < 4.78 is 16.3. The summed E-state index contributed by atoms with van der Waals surface area (Å²) in [6, 6.07) is 10.8. The molecule has 2 heterocycles. The number of amides is 5. The second-order valence-electron chi connectivity index (χ2n) is 13.6. The lowest BCUT2D eigenvalue weighted by atomic mass is 10.0. The van der Waals surface area contributed by atoms with Crippen LogP contribution in [0, 0.1) is 11.8 Å². The summed E-state index contributed by atoms with van der Waals surface area (Å²) in [4.78, 5) is 69.0. The van der Waals surface area contributed by atoms with E-state index in [2.05, 4.69) is 35.1 Å². The molecule has 4 atom stereocenters. The quantitative estimate of drug-likeness (QED) is 0.274. The Kier molecular flexibility index (Phi) is 14.0. The molecule has 5 amide bonds. The minimum Gasteiger partial charge on any atom is -0.497 e. The number of nitrogens with zero attached hydrogens (tertiary/aromatic N) is 1. The van der Waals surface area contributed by atoms with Crippen molar-refractivity contribution in [2.75, 3.05) is 40.5 Å². The third-order valence-corrected chi connectivity index (χ3v) is 8.65. The van der Waals surface area contributed by atoms with Crippen molar-refractivity contribution < 1.29 is 38.2 Å². The SMILES string of the molecule is COCC(=O)N[C@H]1Cc2ccc(cc2)OC[C@H](CC(C)C)NC(=O)CN(CC2CC2)C(=O)[C@@H](C)NC(=O)[C@H](Cc2ccc(OC)cc2)NC1=O. The van der Waals surface area contributed by atoms with Gasteiger partial charge in [-0.05, 0) is 73.4 Å². The van der Waals surface area contributed by atoms with E-state index in [9.17, 15) is 24.0 Å². The van der Waals surface area contributed by atoms with E-state index in [1.807, 2.05) is 0 Å². The zero-order valence-corrected chi connectivity index (χ0v) is 29.7. The molecule has 13 nitrogen and oxygen atoms in total. The Bertz CT molecular complexity index is 1460. The summed E-state index contributed by atoms with van der Waals surface area (Å²) in [6.45, 7) is 5.91. The third kappa shape index (κ3) is 12.0. The highest BCUT2D eigenvalue weighted by atomic mass is 16.5. The van der Waals surface area contributed by atoms with Gasteiger partial charge in [0.05, 0.1) is 19.7 Å². The number of methoxy groups -OCH3 is 2. The highest BCUT2D eigenvalue weighted by molar-refractivity contribution is 5.95. The Morgan fingerprint density at radius 3 is 2.28 bits per heavy atom. The van der Waals surface area contributed by atoms with Crippen molar-refractivity contribution in [3.05, 3.63) is 59.7 Å². The fraction of sp³-hybridized carbons (Fsp3) is 0.541. The number of benzene rings is 2. The molecule has 2 aromatic carbocycles. The summed E-state index contributed by atoms with van der Waals surface area (Å²) in [6.07, 6.45) is 2.81. The fourth-order valence-corrected chi connectivity index (χ4v) is 5.89. The number of nitrogens with one attached hydrogen (secondary N) is 4. The van der Waals surface area contributed by atoms with E-state index in [4.69, 9.17) is 14.2 Å². The Hall–Kier alpha value is -4.65. The monoisotopic (exact) mass is 693 g/mol. The predicted molar refractivity (Wildman–Crippen MR) is 186 cm³/mol. The van der Waals surface area contributed by atoms with Crippen LogP contribution in [0.4, 0.5) is 0 Å². The molecular formula is C37H51N5O8. The molecule has 50 heavy (non-hydrogen) atoms. The van der Waals surface area contributed by atoms with Crippen LogP contribution in [0.15, 0.2) is 48.5 Å². The second kappa shape index (κ2) is 18.4. The molecule has 0 radical (unpaired) electrons. The maximum atomic E-state index is 13.9. The average Bonchev–Trinajstić information content (AvgIpc) is 3.90. The molecule has 4 N–H and O–H groups in total. The van der Waals surface area contributed by atoms with E-state index in [0.717, 1.165) is 24.0 Å². The van der Waals surface area contributed by atoms with E-state index in [-0.39, 0.29) is 50.5 Å². The zero-order chi connectivity index (χ0) is 36.2. The minimum absolute atomic E-state index is 0.0959. The lowest BCUT2D eigenvalue weighted by Crippen LogP contribution is -2.58. The number of hydrogen-bond donors (Lipinski definition) is 4. The topological polar surface area (TPSA) is 164 Å². The third-order valence-electron chi connectivity index (χ3n) is 8.65. The highest BCUT2D eigenvalue weighted by Gasteiger charge is 2.33. The van der Waals surface area contributed by atoms with Crippen molar-refractivity contribution in [1.29, 1.82) is 0 Å². The molecule has 2 aromatic rings. The Balaban J connectivity index is 1.67. The minimum atomic E-state index is -1.11. The normalized spacial score (nSPS) is 22.6. The van der Waals surface area contributed by atoms with E-state index in [0.29, 0.717) is 30.4 Å². The molecule has 0 spiro atoms. The Morgan fingerprint density at radius 2 is 1.66 bits per heavy atom. The first-order chi connectivity index (χ1) is 23.9. The van der Waals surface area contributed by atoms with E-state index >= 15 is 0 Å². The van der Waals surface area contributed by atoms with Crippen molar-refractivity contribution in [2.45, 2.75) is 77.0 Å². The summed E-state index contributed by atoms with van der Waals surface area (Å²) in [5.41, 5.74) is 1.47. The molecular weight excluding hydrogens is 642 g/mol. The second-order valence-corrected chi connectivity index (χ2v) is 13.6. The van der Waals surface area contributed by atoms with Gasteiger partial charge in [-0.1, -0.05) is 38.1 Å². The van der Waals surface area contributed by atoms with Crippen molar-refractivity contribution >= 4 is 29.5 Å². The summed E-state index contributed by atoms with van der Waals surface area (Å²) in [7, 11) is 2.93. The van der Waals surface area contributed by atoms with Gasteiger partial charge in [-0.3, -0.25) is 24.0 Å². The smallest absolute Gasteiger partial charge is 0.246 e. The molecule has 2 aliphatic heterocycles. The molecule has 2 bridgehead atoms. The molecule has 1 fully saturated rings. The Morgan fingerprint density at radius 1 is 0.960 bits per heavy atom. The van der Waals surface area contributed by atoms with Gasteiger partial charge in [0.1, 0.15) is 42.8 Å². The van der Waals surface area contributed by atoms with E-state index in [1.54, 1.807) is 62.6 Å². The van der Waals surface area contributed by atoms with Crippen LogP contribution in [0.3, 0.4) is 0 Å². The van der Waals surface area contributed by atoms with E-state index < -0.39 is 41.8 Å². The van der Waals surface area contributed by atoms with Crippen molar-refractivity contribution in [2.24, 2.45) is 11.8 Å². The molecule has 5 rings (SSSR count). The van der Waals surface area contributed by atoms with Gasteiger partial charge in [0.15, 0.2) is 0 Å². The van der Waals surface area contributed by atoms with Gasteiger partial charge in [0.25, 0.3) is 0 Å². The molecule has 0 aromatic heterocycles. The molecule has 13 heteroatoms. The van der Waals surface area contributed by atoms with Crippen LogP contribution in [-0.2, 0) is 41.6 Å². The number of fused-ring (bicyclic) bond motifs is 17. The fourth-order valence-electron chi connectivity index (χ4n) is 5.89. The highest BCUT2D eigenvalue weighted by Crippen LogP contribution is 2.30. The molecule has 272 valence electrons. The van der Waals surface area contributed by atoms with Gasteiger partial charge in [-0.25, -0.2) is 0 Å². The first-order valence-corrected chi connectivity index (χ1v) is 17.3. The number of carbonyl (C=O) groups is 5. The summed E-state index contributed by atoms with van der Waals surface area (Å²) in [5.74, 6) is -0.583. The van der Waals surface area contributed by atoms with Gasteiger partial charge in [-0.2, -0.15) is 0 Å². The number of ether oxygens (including phenoxy) is 3. The van der Waals surface area contributed by atoms with Crippen LogP contribution in [0.2, 0.25) is 0 Å². The first kappa shape index (κ1) is 38.2. The lowest BCUT2D eigenvalue weighted by molar-refractivity contribution is -0.140. The summed E-state index contributed by atoms with van der Waals surface area (Å²) >= 11 is 0. The number of rotatable bonds is 10. The van der Waals surface area contributed by atoms with Gasteiger partial charge >= 0.3 is 0 Å². The summed E-state index contributed by atoms with van der Waals surface area (Å²) in [5, 5.41) is 11.4. The maximum absolute atomic E-state index is 13.9. The number of hydrogen-bond acceptors (Lipinski definition) is 8. The maximum Gasteiger partial charge on any atom is 0.246 e. The first-order valence-electron chi connectivity index (χ1n) is 17.3. The van der Waals surface area contributed by atoms with Crippen molar-refractivity contribution in [3.63, 3.8) is 0 Å². The van der Waals surface area contributed by atoms with Crippen LogP contribution in [-0.4, -0.2) is 99.1 Å². The largest absolute Gasteiger partial charge is 0.497 e. The lowest BCUT2D eigenvalue weighted by Gasteiger charge is -2.29. The molecule has 1 saturated carbocycles. The molecule has 0 saturated heterocycles. The Labute approximate surface area is 294 Å². The van der Waals surface area contributed by atoms with Gasteiger partial charge in [-0.15, -0.1) is 0 Å². The number of carbonyl (C=O) groups excluding carboxylic acids is 5. The van der Waals surface area contributed by atoms with Gasteiger partial charge < -0.3 is 40.4 Å². The van der Waals surface area contributed by atoms with Crippen LogP contribution >= 0.6 is 0 Å². The molecule has 3 aliphatic rings. The van der Waals surface area contributed by atoms with Gasteiger partial charge in [0, 0.05) is 26.5 Å². The average molecular weight is 694 g/mol. The van der Waals surface area contributed by atoms with Crippen molar-refractivity contribution in [1.82, 2.24) is 26.2 Å². The van der Waals surface area contributed by atoms with E-state index in [1.165, 1.54) is 12.0 Å². The molecule has 1 aliphatic carbocycles. The zero-order valence-electron chi connectivity index (χ0n) is 29.7.